The van der Waals surface area contributed by atoms with Crippen LogP contribution < -0.4 is 10.7 Å². The van der Waals surface area contributed by atoms with E-state index in [0.717, 1.165) is 34.3 Å². The zero-order valence-electron chi connectivity index (χ0n) is 15.4. The number of hydrogen-bond donors (Lipinski definition) is 2. The Morgan fingerprint density at radius 1 is 1.22 bits per heavy atom. The second kappa shape index (κ2) is 8.47. The van der Waals surface area contributed by atoms with Crippen LogP contribution in [0.4, 0.5) is 0 Å². The third-order valence-corrected chi connectivity index (χ3v) is 4.68. The summed E-state index contributed by atoms with van der Waals surface area (Å²) in [4.78, 5) is 0. The molecule has 3 aromatic rings. The Kier molecular flexibility index (Phi) is 5.84. The van der Waals surface area contributed by atoms with Crippen LogP contribution in [0.15, 0.2) is 53.6 Å². The lowest BCUT2D eigenvalue weighted by molar-refractivity contribution is 0.802. The van der Waals surface area contributed by atoms with E-state index in [-0.39, 0.29) is 0 Å². The third kappa shape index (κ3) is 3.99. The molecule has 0 radical (unpaired) electrons. The highest BCUT2D eigenvalue weighted by Crippen LogP contribution is 2.26. The molecule has 0 fully saturated rings. The van der Waals surface area contributed by atoms with Gasteiger partial charge in [-0.3, -0.25) is 5.43 Å². The van der Waals surface area contributed by atoms with Crippen LogP contribution in [0.5, 0.6) is 0 Å². The minimum absolute atomic E-state index is 0.498. The summed E-state index contributed by atoms with van der Waals surface area (Å²) in [5.74, 6) is 0. The lowest BCUT2D eigenvalue weighted by atomic mass is 10.1. The quantitative estimate of drug-likeness (QED) is 0.406. The van der Waals surface area contributed by atoms with Crippen molar-refractivity contribution in [3.63, 3.8) is 0 Å². The summed E-state index contributed by atoms with van der Waals surface area (Å²) in [6, 6.07) is 18.2. The highest BCUT2D eigenvalue weighted by molar-refractivity contribution is 7.80. The Labute approximate surface area is 164 Å². The zero-order chi connectivity index (χ0) is 19.2. The Morgan fingerprint density at radius 3 is 2.74 bits per heavy atom. The van der Waals surface area contributed by atoms with Gasteiger partial charge in [-0.1, -0.05) is 36.4 Å². The van der Waals surface area contributed by atoms with Crippen molar-refractivity contribution in [3.05, 3.63) is 70.9 Å². The van der Waals surface area contributed by atoms with E-state index in [4.69, 9.17) is 12.2 Å². The number of aromatic nitrogens is 1. The molecule has 0 amide bonds. The minimum atomic E-state index is 0.498. The first-order valence-corrected chi connectivity index (χ1v) is 9.19. The largest absolute Gasteiger partial charge is 0.362 e. The van der Waals surface area contributed by atoms with Crippen LogP contribution in [0, 0.1) is 18.3 Å². The lowest BCUT2D eigenvalue weighted by Gasteiger charge is -2.10. The van der Waals surface area contributed by atoms with Gasteiger partial charge in [0.25, 0.3) is 0 Å². The van der Waals surface area contributed by atoms with Gasteiger partial charge in [0.05, 0.1) is 17.8 Å². The molecule has 136 valence electrons. The van der Waals surface area contributed by atoms with E-state index < -0.39 is 0 Å². The van der Waals surface area contributed by atoms with Gasteiger partial charge in [0.15, 0.2) is 5.11 Å². The molecule has 2 N–H and O–H groups in total. The van der Waals surface area contributed by atoms with Gasteiger partial charge in [0.2, 0.25) is 0 Å². The molecular formula is C21H21N5S. The van der Waals surface area contributed by atoms with Gasteiger partial charge in [-0.2, -0.15) is 10.4 Å². The Hall–Kier alpha value is -3.17. The highest BCUT2D eigenvalue weighted by atomic mass is 32.1. The van der Waals surface area contributed by atoms with E-state index >= 15 is 0 Å². The maximum Gasteiger partial charge on any atom is 0.186 e. The fourth-order valence-corrected chi connectivity index (χ4v) is 3.31. The molecular weight excluding hydrogens is 354 g/mol. The van der Waals surface area contributed by atoms with Gasteiger partial charge < -0.3 is 9.88 Å². The molecule has 2 aromatic carbocycles. The second-order valence-corrected chi connectivity index (χ2v) is 6.51. The molecule has 0 aliphatic heterocycles. The maximum absolute atomic E-state index is 9.39. The summed E-state index contributed by atoms with van der Waals surface area (Å²) in [6.45, 7) is 5.43. The topological polar surface area (TPSA) is 65.1 Å². The number of hydrogen-bond acceptors (Lipinski definition) is 3. The SMILES string of the molecule is CCNC(=S)NN=Cc1c(C)n(Cc2ccccc2C#N)c2ccccc12. The van der Waals surface area contributed by atoms with Gasteiger partial charge >= 0.3 is 0 Å². The van der Waals surface area contributed by atoms with Gasteiger partial charge in [0.1, 0.15) is 0 Å². The summed E-state index contributed by atoms with van der Waals surface area (Å²) in [7, 11) is 0. The van der Waals surface area contributed by atoms with Crippen molar-refractivity contribution in [2.45, 2.75) is 20.4 Å². The highest BCUT2D eigenvalue weighted by Gasteiger charge is 2.13. The number of nitrogens with one attached hydrogen (secondary N) is 2. The summed E-state index contributed by atoms with van der Waals surface area (Å²) in [5.41, 5.74) is 7.77. The third-order valence-electron chi connectivity index (χ3n) is 4.44. The first kappa shape index (κ1) is 18.6. The van der Waals surface area contributed by atoms with E-state index in [9.17, 15) is 5.26 Å². The molecule has 0 spiro atoms. The average Bonchev–Trinajstić information content (AvgIpc) is 2.94. The van der Waals surface area contributed by atoms with Crippen LogP contribution in [0.2, 0.25) is 0 Å². The van der Waals surface area contributed by atoms with E-state index in [2.05, 4.69) is 45.5 Å². The number of nitrogens with zero attached hydrogens (tertiary/aromatic N) is 3. The van der Waals surface area contributed by atoms with Crippen molar-refractivity contribution in [2.75, 3.05) is 6.54 Å². The summed E-state index contributed by atoms with van der Waals surface area (Å²) >= 11 is 5.15. The standard InChI is InChI=1S/C21H21N5S/c1-3-23-21(27)25-24-13-19-15(2)26(20-11-7-6-10-18(19)20)14-17-9-5-4-8-16(17)12-22/h4-11,13H,3,14H2,1-2H3,(H2,23,25,27). The smallest absolute Gasteiger partial charge is 0.186 e. The molecule has 0 bridgehead atoms. The van der Waals surface area contributed by atoms with Crippen molar-refractivity contribution in [2.24, 2.45) is 5.10 Å². The van der Waals surface area contributed by atoms with Crippen molar-refractivity contribution in [3.8, 4) is 6.07 Å². The molecule has 0 aliphatic carbocycles. The number of benzene rings is 2. The van der Waals surface area contributed by atoms with E-state index in [0.29, 0.717) is 17.2 Å². The zero-order valence-corrected chi connectivity index (χ0v) is 16.2. The lowest BCUT2D eigenvalue weighted by Crippen LogP contribution is -2.31. The second-order valence-electron chi connectivity index (χ2n) is 6.10. The molecule has 0 aliphatic rings. The summed E-state index contributed by atoms with van der Waals surface area (Å²) < 4.78 is 2.22. The van der Waals surface area contributed by atoms with Crippen LogP contribution in [-0.2, 0) is 6.54 Å². The fourth-order valence-electron chi connectivity index (χ4n) is 3.12. The molecule has 5 nitrogen and oxygen atoms in total. The Morgan fingerprint density at radius 2 is 1.96 bits per heavy atom. The predicted octanol–water partition coefficient (Wildman–Crippen LogP) is 3.69. The molecule has 0 atom stereocenters. The molecule has 6 heteroatoms. The number of hydrazone groups is 1. The van der Waals surface area contributed by atoms with Gasteiger partial charge in [-0.25, -0.2) is 0 Å². The summed E-state index contributed by atoms with van der Waals surface area (Å²) in [6.07, 6.45) is 1.80. The van der Waals surface area contributed by atoms with E-state index in [1.807, 2.05) is 43.3 Å². The molecule has 27 heavy (non-hydrogen) atoms. The molecule has 0 saturated heterocycles. The van der Waals surface area contributed by atoms with Crippen molar-refractivity contribution in [1.82, 2.24) is 15.3 Å². The van der Waals surface area contributed by atoms with Gasteiger partial charge in [-0.15, -0.1) is 0 Å². The van der Waals surface area contributed by atoms with E-state index in [1.165, 1.54) is 0 Å². The predicted molar refractivity (Wildman–Crippen MR) is 114 cm³/mol. The van der Waals surface area contributed by atoms with Crippen molar-refractivity contribution < 1.29 is 0 Å². The number of rotatable bonds is 5. The van der Waals surface area contributed by atoms with Crippen LogP contribution in [0.1, 0.15) is 29.3 Å². The molecule has 0 saturated carbocycles. The summed E-state index contributed by atoms with van der Waals surface area (Å²) in [5, 5.41) is 18.3. The molecule has 1 aromatic heterocycles. The minimum Gasteiger partial charge on any atom is -0.362 e. The van der Waals surface area contributed by atoms with Crippen LogP contribution in [0.25, 0.3) is 10.9 Å². The van der Waals surface area contributed by atoms with Crippen LogP contribution in [0.3, 0.4) is 0 Å². The van der Waals surface area contributed by atoms with Gasteiger partial charge in [-0.05, 0) is 43.8 Å². The number of nitriles is 1. The fraction of sp³-hybridized carbons (Fsp3) is 0.190. The van der Waals surface area contributed by atoms with Gasteiger partial charge in [0, 0.05) is 35.2 Å². The molecule has 1 heterocycles. The normalized spacial score (nSPS) is 10.9. The number of para-hydroxylation sites is 1. The van der Waals surface area contributed by atoms with Crippen LogP contribution in [-0.4, -0.2) is 22.4 Å². The molecule has 3 rings (SSSR count). The maximum atomic E-state index is 9.39. The van der Waals surface area contributed by atoms with Crippen molar-refractivity contribution >= 4 is 34.4 Å². The number of thiocarbonyl (C=S) groups is 1. The first-order chi connectivity index (χ1) is 13.2. The Balaban J connectivity index is 2.00. The average molecular weight is 376 g/mol. The number of fused-ring (bicyclic) bond motifs is 1. The Bertz CT molecular complexity index is 1040. The monoisotopic (exact) mass is 375 g/mol. The molecule has 0 unspecified atom stereocenters. The first-order valence-electron chi connectivity index (χ1n) is 8.78. The van der Waals surface area contributed by atoms with Crippen molar-refractivity contribution in [1.29, 1.82) is 5.26 Å². The van der Waals surface area contributed by atoms with Crippen LogP contribution >= 0.6 is 12.2 Å². The van der Waals surface area contributed by atoms with E-state index in [1.54, 1.807) is 6.21 Å².